The third-order valence-electron chi connectivity index (χ3n) is 4.54. The maximum Gasteiger partial charge on any atom is 0.306 e. The number of halogens is 4. The highest BCUT2D eigenvalue weighted by molar-refractivity contribution is 6.32. The Morgan fingerprint density at radius 3 is 2.39 bits per heavy atom. The first-order valence-corrected chi connectivity index (χ1v) is 10.9. The molecule has 0 spiro atoms. The number of ether oxygens (including phenoxy) is 1. The number of nitrogens with zero attached hydrogens (tertiary/aromatic N) is 1. The molecule has 0 aliphatic rings. The predicted octanol–water partition coefficient (Wildman–Crippen LogP) is 6.97. The third kappa shape index (κ3) is 7.99. The summed E-state index contributed by atoms with van der Waals surface area (Å²) in [5.41, 5.74) is -0.314. The molecule has 2 aromatic rings. The van der Waals surface area contributed by atoms with Gasteiger partial charge in [-0.2, -0.15) is 5.26 Å². The topological polar surface area (TPSA) is 79.2 Å². The van der Waals surface area contributed by atoms with Gasteiger partial charge in [0.25, 0.3) is 11.8 Å². The van der Waals surface area contributed by atoms with Crippen LogP contribution in [0, 0.1) is 16.7 Å². The number of hydrogen-bond donors (Lipinski definition) is 1. The van der Waals surface area contributed by atoms with Crippen LogP contribution in [0.5, 0.6) is 0 Å². The maximum atomic E-state index is 14.8. The van der Waals surface area contributed by atoms with E-state index in [4.69, 9.17) is 33.2 Å². The third-order valence-corrected chi connectivity index (χ3v) is 5.20. The lowest BCUT2D eigenvalue weighted by atomic mass is 9.92. The Labute approximate surface area is 201 Å². The average molecular weight is 497 g/mol. The molecule has 0 heterocycles. The van der Waals surface area contributed by atoms with Crippen molar-refractivity contribution < 1.29 is 23.1 Å². The van der Waals surface area contributed by atoms with Crippen LogP contribution >= 0.6 is 23.2 Å². The highest BCUT2D eigenvalue weighted by Gasteiger charge is 2.34. The summed E-state index contributed by atoms with van der Waals surface area (Å²) in [4.78, 5) is 24.3. The number of rotatable bonds is 8. The van der Waals surface area contributed by atoms with Crippen LogP contribution in [0.1, 0.15) is 61.5 Å². The van der Waals surface area contributed by atoms with E-state index in [-0.39, 0.29) is 46.0 Å². The van der Waals surface area contributed by atoms with Crippen LogP contribution in [0.25, 0.3) is 0 Å². The second kappa shape index (κ2) is 11.0. The lowest BCUT2D eigenvalue weighted by Crippen LogP contribution is -2.19. The minimum Gasteiger partial charge on any atom is -0.466 e. The number of carbonyl (C=O) groups excluding carboxylic acids is 2. The molecule has 0 unspecified atom stereocenters. The van der Waals surface area contributed by atoms with E-state index in [0.717, 1.165) is 6.07 Å². The van der Waals surface area contributed by atoms with Gasteiger partial charge >= 0.3 is 5.97 Å². The minimum absolute atomic E-state index is 0.0286. The second-order valence-corrected chi connectivity index (χ2v) is 9.54. The SMILES string of the molecule is CC(C)(C)CC(=O)OCCCC(F)(F)c1cc(C(=O)Nc2ccc(Cl)c(C#N)c2)ccc1Cl. The zero-order valence-electron chi connectivity index (χ0n) is 18.5. The van der Waals surface area contributed by atoms with Crippen molar-refractivity contribution in [3.63, 3.8) is 0 Å². The summed E-state index contributed by atoms with van der Waals surface area (Å²) in [6.07, 6.45) is -0.490. The molecular formula is C24H24Cl2F2N2O3. The Hall–Kier alpha value is -2.69. The predicted molar refractivity (Wildman–Crippen MR) is 124 cm³/mol. The molecule has 0 aliphatic heterocycles. The molecule has 0 aromatic heterocycles. The highest BCUT2D eigenvalue weighted by Crippen LogP contribution is 2.38. The first-order chi connectivity index (χ1) is 15.3. The molecule has 0 atom stereocenters. The fraction of sp³-hybridized carbons (Fsp3) is 0.375. The van der Waals surface area contributed by atoms with Crippen LogP contribution in [0.4, 0.5) is 14.5 Å². The van der Waals surface area contributed by atoms with Crippen molar-refractivity contribution in [2.75, 3.05) is 11.9 Å². The molecule has 0 bridgehead atoms. The van der Waals surface area contributed by atoms with E-state index in [1.165, 1.54) is 30.3 Å². The molecule has 5 nitrogen and oxygen atoms in total. The van der Waals surface area contributed by atoms with Crippen molar-refractivity contribution in [1.82, 2.24) is 0 Å². The van der Waals surface area contributed by atoms with Gasteiger partial charge in [-0.25, -0.2) is 8.78 Å². The lowest BCUT2D eigenvalue weighted by molar-refractivity contribution is -0.146. The number of nitriles is 1. The van der Waals surface area contributed by atoms with E-state index >= 15 is 0 Å². The molecule has 0 saturated carbocycles. The molecule has 176 valence electrons. The molecule has 0 saturated heterocycles. The number of benzene rings is 2. The lowest BCUT2D eigenvalue weighted by Gasteiger charge is -2.20. The summed E-state index contributed by atoms with van der Waals surface area (Å²) in [5, 5.41) is 11.6. The van der Waals surface area contributed by atoms with Gasteiger partial charge in [-0.1, -0.05) is 44.0 Å². The number of nitrogens with one attached hydrogen (secondary N) is 1. The zero-order chi connectivity index (χ0) is 24.8. The summed E-state index contributed by atoms with van der Waals surface area (Å²) < 4.78 is 34.7. The Morgan fingerprint density at radius 2 is 1.76 bits per heavy atom. The minimum atomic E-state index is -3.34. The van der Waals surface area contributed by atoms with E-state index in [1.54, 1.807) is 0 Å². The monoisotopic (exact) mass is 496 g/mol. The number of hydrogen-bond acceptors (Lipinski definition) is 4. The quantitative estimate of drug-likeness (QED) is 0.316. The molecule has 2 aromatic carbocycles. The van der Waals surface area contributed by atoms with Gasteiger partial charge in [0, 0.05) is 28.3 Å². The van der Waals surface area contributed by atoms with Crippen LogP contribution in [0.15, 0.2) is 36.4 Å². The fourth-order valence-electron chi connectivity index (χ4n) is 2.94. The van der Waals surface area contributed by atoms with E-state index in [1.807, 2.05) is 26.8 Å². The molecule has 0 aliphatic carbocycles. The fourth-order valence-corrected chi connectivity index (χ4v) is 3.35. The van der Waals surface area contributed by atoms with Crippen LogP contribution in [-0.4, -0.2) is 18.5 Å². The van der Waals surface area contributed by atoms with Gasteiger partial charge in [-0.3, -0.25) is 9.59 Å². The van der Waals surface area contributed by atoms with Gasteiger partial charge in [0.15, 0.2) is 0 Å². The summed E-state index contributed by atoms with van der Waals surface area (Å²) in [6, 6.07) is 9.81. The maximum absolute atomic E-state index is 14.8. The van der Waals surface area contributed by atoms with Crippen LogP contribution in [-0.2, 0) is 15.5 Å². The number of carbonyl (C=O) groups is 2. The first kappa shape index (κ1) is 26.6. The van der Waals surface area contributed by atoms with E-state index in [2.05, 4.69) is 5.32 Å². The van der Waals surface area contributed by atoms with Gasteiger partial charge in [0.2, 0.25) is 0 Å². The summed E-state index contributed by atoms with van der Waals surface area (Å²) in [5.74, 6) is -4.42. The molecule has 9 heteroatoms. The Balaban J connectivity index is 2.06. The van der Waals surface area contributed by atoms with E-state index in [9.17, 15) is 18.4 Å². The largest absolute Gasteiger partial charge is 0.466 e. The van der Waals surface area contributed by atoms with Crippen molar-refractivity contribution in [3.05, 3.63) is 63.1 Å². The second-order valence-electron chi connectivity index (χ2n) is 8.72. The van der Waals surface area contributed by atoms with Crippen molar-refractivity contribution in [3.8, 4) is 6.07 Å². The van der Waals surface area contributed by atoms with E-state index < -0.39 is 29.8 Å². The molecule has 0 fully saturated rings. The summed E-state index contributed by atoms with van der Waals surface area (Å²) in [7, 11) is 0. The molecule has 0 radical (unpaired) electrons. The standard InChI is InChI=1S/C24H24Cl2F2N2O3/c1-23(2,3)13-21(31)33-10-4-9-24(27,28)18-12-15(5-7-20(18)26)22(32)30-17-6-8-19(25)16(11-17)14-29/h5-8,11-12H,4,9-10,13H2,1-3H3,(H,30,32). The molecule has 33 heavy (non-hydrogen) atoms. The molecule has 1 N–H and O–H groups in total. The van der Waals surface area contributed by atoms with Gasteiger partial charge in [0.05, 0.1) is 23.6 Å². The highest BCUT2D eigenvalue weighted by atomic mass is 35.5. The van der Waals surface area contributed by atoms with Gasteiger partial charge in [-0.05, 0) is 48.2 Å². The average Bonchev–Trinajstić information content (AvgIpc) is 2.71. The van der Waals surface area contributed by atoms with Gasteiger partial charge < -0.3 is 10.1 Å². The molecular weight excluding hydrogens is 473 g/mol. The summed E-state index contributed by atoms with van der Waals surface area (Å²) in [6.45, 7) is 5.49. The Morgan fingerprint density at radius 1 is 1.09 bits per heavy atom. The normalized spacial score (nSPS) is 11.6. The number of esters is 1. The number of alkyl halides is 2. The van der Waals surface area contributed by atoms with Crippen molar-refractivity contribution >= 4 is 40.8 Å². The van der Waals surface area contributed by atoms with Crippen LogP contribution in [0.2, 0.25) is 10.0 Å². The van der Waals surface area contributed by atoms with Crippen molar-refractivity contribution in [2.24, 2.45) is 5.41 Å². The van der Waals surface area contributed by atoms with E-state index in [0.29, 0.717) is 5.69 Å². The van der Waals surface area contributed by atoms with Gasteiger partial charge in [0.1, 0.15) is 6.07 Å². The summed E-state index contributed by atoms with van der Waals surface area (Å²) >= 11 is 11.9. The zero-order valence-corrected chi connectivity index (χ0v) is 20.0. The van der Waals surface area contributed by atoms with Crippen LogP contribution < -0.4 is 5.32 Å². The number of amides is 1. The smallest absolute Gasteiger partial charge is 0.306 e. The van der Waals surface area contributed by atoms with Crippen molar-refractivity contribution in [2.45, 2.75) is 46.0 Å². The first-order valence-electron chi connectivity index (χ1n) is 10.2. The van der Waals surface area contributed by atoms with Gasteiger partial charge in [-0.15, -0.1) is 0 Å². The number of anilines is 1. The Kier molecular flexibility index (Phi) is 8.82. The Bertz CT molecular complexity index is 1080. The van der Waals surface area contributed by atoms with Crippen molar-refractivity contribution in [1.29, 1.82) is 5.26 Å². The van der Waals surface area contributed by atoms with Crippen LogP contribution in [0.3, 0.4) is 0 Å². The molecule has 2 rings (SSSR count). The molecule has 1 amide bonds.